The summed E-state index contributed by atoms with van der Waals surface area (Å²) in [6.07, 6.45) is 4.85. The Bertz CT molecular complexity index is 356. The molecule has 0 bridgehead atoms. The standard InChI is InChI=1S/C18H31NO/c1-5-7-8-16-9-11-17(12-10-16)20-15-18(3,4)14-19-13-6-2/h9-12,19H,5-8,13-15H2,1-4H3. The summed E-state index contributed by atoms with van der Waals surface area (Å²) in [5.41, 5.74) is 1.57. The summed E-state index contributed by atoms with van der Waals surface area (Å²) in [6, 6.07) is 8.57. The number of aryl methyl sites for hydroxylation is 1. The minimum absolute atomic E-state index is 0.163. The topological polar surface area (TPSA) is 21.3 Å². The molecule has 20 heavy (non-hydrogen) atoms. The first kappa shape index (κ1) is 17.0. The summed E-state index contributed by atoms with van der Waals surface area (Å²) in [5.74, 6) is 0.980. The average Bonchev–Trinajstić information content (AvgIpc) is 2.44. The Morgan fingerprint density at radius 2 is 1.75 bits per heavy atom. The predicted molar refractivity (Wildman–Crippen MR) is 87.5 cm³/mol. The third kappa shape index (κ3) is 6.95. The van der Waals surface area contributed by atoms with E-state index in [2.05, 4.69) is 57.3 Å². The zero-order chi connectivity index (χ0) is 14.8. The normalized spacial score (nSPS) is 11.6. The largest absolute Gasteiger partial charge is 0.493 e. The van der Waals surface area contributed by atoms with Crippen molar-refractivity contribution >= 4 is 0 Å². The molecular formula is C18H31NO. The smallest absolute Gasteiger partial charge is 0.119 e. The van der Waals surface area contributed by atoms with E-state index in [9.17, 15) is 0 Å². The highest BCUT2D eigenvalue weighted by atomic mass is 16.5. The second-order valence-corrected chi connectivity index (χ2v) is 6.38. The van der Waals surface area contributed by atoms with E-state index in [1.54, 1.807) is 0 Å². The van der Waals surface area contributed by atoms with Crippen molar-refractivity contribution in [1.82, 2.24) is 5.32 Å². The molecule has 0 saturated heterocycles. The Morgan fingerprint density at radius 1 is 1.05 bits per heavy atom. The van der Waals surface area contributed by atoms with Crippen LogP contribution in [0.3, 0.4) is 0 Å². The van der Waals surface area contributed by atoms with Crippen molar-refractivity contribution in [1.29, 1.82) is 0 Å². The summed E-state index contributed by atoms with van der Waals surface area (Å²) >= 11 is 0. The molecule has 2 heteroatoms. The van der Waals surface area contributed by atoms with E-state index in [4.69, 9.17) is 4.74 Å². The SMILES string of the molecule is CCCCc1ccc(OCC(C)(C)CNCCC)cc1. The molecule has 0 aliphatic heterocycles. The van der Waals surface area contributed by atoms with Crippen LogP contribution in [0.15, 0.2) is 24.3 Å². The third-order valence-electron chi connectivity index (χ3n) is 3.40. The maximum Gasteiger partial charge on any atom is 0.119 e. The van der Waals surface area contributed by atoms with E-state index in [0.717, 1.165) is 25.4 Å². The number of unbranched alkanes of at least 4 members (excludes halogenated alkanes) is 1. The molecule has 1 rings (SSSR count). The molecule has 0 heterocycles. The van der Waals surface area contributed by atoms with Crippen molar-refractivity contribution in [2.75, 3.05) is 19.7 Å². The molecule has 1 N–H and O–H groups in total. The zero-order valence-electron chi connectivity index (χ0n) is 13.7. The van der Waals surface area contributed by atoms with Gasteiger partial charge in [0.1, 0.15) is 5.75 Å². The highest BCUT2D eigenvalue weighted by molar-refractivity contribution is 5.27. The summed E-state index contributed by atoms with van der Waals surface area (Å²) in [5, 5.41) is 3.46. The maximum absolute atomic E-state index is 5.92. The van der Waals surface area contributed by atoms with Gasteiger partial charge >= 0.3 is 0 Å². The molecule has 114 valence electrons. The lowest BCUT2D eigenvalue weighted by molar-refractivity contribution is 0.176. The molecule has 0 radical (unpaired) electrons. The van der Waals surface area contributed by atoms with Gasteiger partial charge in [0.25, 0.3) is 0 Å². The number of hydrogen-bond acceptors (Lipinski definition) is 2. The van der Waals surface area contributed by atoms with Crippen LogP contribution < -0.4 is 10.1 Å². The molecule has 0 saturated carbocycles. The van der Waals surface area contributed by atoms with Gasteiger partial charge < -0.3 is 10.1 Å². The molecule has 0 atom stereocenters. The summed E-state index contributed by atoms with van der Waals surface area (Å²) < 4.78 is 5.92. The van der Waals surface area contributed by atoms with Gasteiger partial charge in [-0.1, -0.05) is 46.2 Å². The lowest BCUT2D eigenvalue weighted by Gasteiger charge is -2.25. The van der Waals surface area contributed by atoms with Gasteiger partial charge in [-0.3, -0.25) is 0 Å². The van der Waals surface area contributed by atoms with E-state index >= 15 is 0 Å². The van der Waals surface area contributed by atoms with Crippen molar-refractivity contribution < 1.29 is 4.74 Å². The van der Waals surface area contributed by atoms with Gasteiger partial charge in [-0.2, -0.15) is 0 Å². The van der Waals surface area contributed by atoms with Crippen LogP contribution in [0.1, 0.15) is 52.5 Å². The highest BCUT2D eigenvalue weighted by Gasteiger charge is 2.18. The molecule has 1 aromatic rings. The van der Waals surface area contributed by atoms with Crippen LogP contribution in [0.5, 0.6) is 5.75 Å². The minimum atomic E-state index is 0.163. The first-order valence-electron chi connectivity index (χ1n) is 8.00. The van der Waals surface area contributed by atoms with E-state index in [-0.39, 0.29) is 5.41 Å². The third-order valence-corrected chi connectivity index (χ3v) is 3.40. The monoisotopic (exact) mass is 277 g/mol. The Hall–Kier alpha value is -1.02. The molecule has 0 amide bonds. The molecule has 0 spiro atoms. The van der Waals surface area contributed by atoms with Gasteiger partial charge in [0.2, 0.25) is 0 Å². The average molecular weight is 277 g/mol. The van der Waals surface area contributed by atoms with Gasteiger partial charge in [-0.25, -0.2) is 0 Å². The van der Waals surface area contributed by atoms with Crippen molar-refractivity contribution in [3.05, 3.63) is 29.8 Å². The van der Waals surface area contributed by atoms with Crippen molar-refractivity contribution in [3.63, 3.8) is 0 Å². The molecule has 0 aliphatic rings. The highest BCUT2D eigenvalue weighted by Crippen LogP contribution is 2.19. The van der Waals surface area contributed by atoms with Gasteiger partial charge in [-0.05, 0) is 43.5 Å². The van der Waals surface area contributed by atoms with Crippen molar-refractivity contribution in [2.24, 2.45) is 5.41 Å². The second-order valence-electron chi connectivity index (χ2n) is 6.38. The van der Waals surface area contributed by atoms with Crippen LogP contribution in [0.4, 0.5) is 0 Å². The van der Waals surface area contributed by atoms with Gasteiger partial charge in [0, 0.05) is 12.0 Å². The molecular weight excluding hydrogens is 246 g/mol. The van der Waals surface area contributed by atoms with Crippen molar-refractivity contribution in [3.8, 4) is 5.75 Å². The number of nitrogens with one attached hydrogen (secondary N) is 1. The maximum atomic E-state index is 5.92. The number of ether oxygens (including phenoxy) is 1. The quantitative estimate of drug-likeness (QED) is 0.639. The minimum Gasteiger partial charge on any atom is -0.493 e. The first-order valence-corrected chi connectivity index (χ1v) is 8.00. The molecule has 2 nitrogen and oxygen atoms in total. The molecule has 0 unspecified atom stereocenters. The first-order chi connectivity index (χ1) is 9.57. The van der Waals surface area contributed by atoms with Gasteiger partial charge in [0.15, 0.2) is 0 Å². The summed E-state index contributed by atoms with van der Waals surface area (Å²) in [7, 11) is 0. The van der Waals surface area contributed by atoms with Crippen LogP contribution in [-0.4, -0.2) is 19.7 Å². The Morgan fingerprint density at radius 3 is 2.35 bits per heavy atom. The molecule has 1 aromatic carbocycles. The number of benzene rings is 1. The number of hydrogen-bond donors (Lipinski definition) is 1. The Balaban J connectivity index is 2.36. The van der Waals surface area contributed by atoms with Crippen LogP contribution in [0, 0.1) is 5.41 Å². The van der Waals surface area contributed by atoms with Crippen LogP contribution in [0.25, 0.3) is 0 Å². The lowest BCUT2D eigenvalue weighted by Crippen LogP contribution is -2.34. The fourth-order valence-electron chi connectivity index (χ4n) is 2.07. The van der Waals surface area contributed by atoms with E-state index in [0.29, 0.717) is 0 Å². The molecule has 0 aliphatic carbocycles. The fraction of sp³-hybridized carbons (Fsp3) is 0.667. The summed E-state index contributed by atoms with van der Waals surface area (Å²) in [4.78, 5) is 0. The Kier molecular flexibility index (Phi) is 7.68. The fourth-order valence-corrected chi connectivity index (χ4v) is 2.07. The predicted octanol–water partition coefficient (Wildman–Crippen LogP) is 4.43. The Labute approximate surface area is 124 Å². The van der Waals surface area contributed by atoms with E-state index < -0.39 is 0 Å². The zero-order valence-corrected chi connectivity index (χ0v) is 13.7. The lowest BCUT2D eigenvalue weighted by atomic mass is 9.95. The van der Waals surface area contributed by atoms with Gasteiger partial charge in [0.05, 0.1) is 6.61 Å². The molecule has 0 aromatic heterocycles. The van der Waals surface area contributed by atoms with E-state index in [1.165, 1.54) is 31.2 Å². The van der Waals surface area contributed by atoms with Crippen LogP contribution >= 0.6 is 0 Å². The summed E-state index contributed by atoms with van der Waals surface area (Å²) in [6.45, 7) is 11.7. The number of rotatable bonds is 10. The van der Waals surface area contributed by atoms with Crippen LogP contribution in [-0.2, 0) is 6.42 Å². The second kappa shape index (κ2) is 9.02. The van der Waals surface area contributed by atoms with Crippen molar-refractivity contribution in [2.45, 2.75) is 53.4 Å². The molecule has 0 fully saturated rings. The van der Waals surface area contributed by atoms with E-state index in [1.807, 2.05) is 0 Å². The van der Waals surface area contributed by atoms with Gasteiger partial charge in [-0.15, -0.1) is 0 Å². The van der Waals surface area contributed by atoms with Crippen LogP contribution in [0.2, 0.25) is 0 Å².